The fraction of sp³-hybridized carbons (Fsp3) is 0.182. The summed E-state index contributed by atoms with van der Waals surface area (Å²) in [7, 11) is -4.08. The molecule has 0 unspecified atom stereocenters. The van der Waals surface area contributed by atoms with E-state index in [-0.39, 0.29) is 26.5 Å². The minimum Gasteiger partial charge on any atom is -0.382 e. The number of nitrogens with zero attached hydrogens (tertiary/aromatic N) is 2. The third kappa shape index (κ3) is 4.99. The van der Waals surface area contributed by atoms with E-state index < -0.39 is 27.9 Å². The van der Waals surface area contributed by atoms with Crippen molar-refractivity contribution in [2.75, 3.05) is 15.5 Å². The molecule has 3 N–H and O–H groups in total. The van der Waals surface area contributed by atoms with Crippen LogP contribution in [0.4, 0.5) is 22.0 Å². The van der Waals surface area contributed by atoms with Crippen LogP contribution in [0, 0.1) is 0 Å². The maximum atomic E-state index is 13.0. The second-order valence-electron chi connectivity index (χ2n) is 8.02. The van der Waals surface area contributed by atoms with Crippen LogP contribution in [-0.2, 0) is 21.2 Å². The standard InChI is InChI=1S/C22H18ClN5O5S2/c23-17-6-8-20(34-17)35(32,33)27-22(31)26-15-4-7-18(24-11-15)28-19(29)10-12-9-14(25-13-1-2-13)3-5-16(12)21(28)30/h3-9,11,13,25H,1-2,10H2,(H2,26,27,31). The predicted octanol–water partition coefficient (Wildman–Crippen LogP) is 3.61. The molecule has 1 aliphatic heterocycles. The fourth-order valence-electron chi connectivity index (χ4n) is 3.57. The van der Waals surface area contributed by atoms with Gasteiger partial charge in [-0.15, -0.1) is 11.3 Å². The Morgan fingerprint density at radius 3 is 2.51 bits per heavy atom. The molecule has 2 aromatic heterocycles. The number of nitrogens with one attached hydrogen (secondary N) is 3. The summed E-state index contributed by atoms with van der Waals surface area (Å²) in [6.45, 7) is 0. The number of aromatic nitrogens is 1. The van der Waals surface area contributed by atoms with Gasteiger partial charge in [0.2, 0.25) is 5.91 Å². The van der Waals surface area contributed by atoms with Gasteiger partial charge in [0, 0.05) is 17.3 Å². The molecule has 3 aromatic rings. The monoisotopic (exact) mass is 531 g/mol. The number of hydrogen-bond acceptors (Lipinski definition) is 8. The number of hydrogen-bond donors (Lipinski definition) is 3. The largest absolute Gasteiger partial charge is 0.382 e. The highest BCUT2D eigenvalue weighted by atomic mass is 35.5. The van der Waals surface area contributed by atoms with Crippen molar-refractivity contribution in [3.63, 3.8) is 0 Å². The van der Waals surface area contributed by atoms with Gasteiger partial charge < -0.3 is 10.6 Å². The van der Waals surface area contributed by atoms with E-state index in [1.165, 1.54) is 30.5 Å². The molecular weight excluding hydrogens is 514 g/mol. The normalized spacial score (nSPS) is 15.5. The van der Waals surface area contributed by atoms with Crippen LogP contribution in [0.2, 0.25) is 4.34 Å². The van der Waals surface area contributed by atoms with Gasteiger partial charge in [-0.2, -0.15) is 0 Å². The smallest absolute Gasteiger partial charge is 0.333 e. The first-order valence-corrected chi connectivity index (χ1v) is 13.2. The van der Waals surface area contributed by atoms with E-state index in [1.54, 1.807) is 6.07 Å². The summed E-state index contributed by atoms with van der Waals surface area (Å²) in [4.78, 5) is 43.0. The quantitative estimate of drug-likeness (QED) is 0.413. The SMILES string of the molecule is O=C(Nc1ccc(N2C(=O)Cc3cc(NC4CC4)ccc3C2=O)nc1)NS(=O)(=O)c1ccc(Cl)s1. The molecule has 1 aliphatic carbocycles. The first kappa shape index (κ1) is 23.3. The number of rotatable bonds is 6. The molecule has 10 nitrogen and oxygen atoms in total. The van der Waals surface area contributed by atoms with Gasteiger partial charge in [-0.3, -0.25) is 9.59 Å². The molecule has 0 atom stereocenters. The van der Waals surface area contributed by atoms with Crippen LogP contribution < -0.4 is 20.3 Å². The van der Waals surface area contributed by atoms with Crippen molar-refractivity contribution in [2.45, 2.75) is 29.5 Å². The molecule has 180 valence electrons. The van der Waals surface area contributed by atoms with Crippen LogP contribution in [0.5, 0.6) is 0 Å². The van der Waals surface area contributed by atoms with Crippen molar-refractivity contribution in [2.24, 2.45) is 0 Å². The van der Waals surface area contributed by atoms with Crippen molar-refractivity contribution in [1.29, 1.82) is 0 Å². The van der Waals surface area contributed by atoms with E-state index in [0.717, 1.165) is 34.8 Å². The summed E-state index contributed by atoms with van der Waals surface area (Å²) in [5.74, 6) is -0.809. The molecule has 0 saturated heterocycles. The lowest BCUT2D eigenvalue weighted by Gasteiger charge is -2.26. The number of benzene rings is 1. The summed E-state index contributed by atoms with van der Waals surface area (Å²) >= 11 is 6.56. The molecule has 0 spiro atoms. The number of anilines is 3. The van der Waals surface area contributed by atoms with Crippen molar-refractivity contribution in [3.8, 4) is 0 Å². The zero-order valence-electron chi connectivity index (χ0n) is 17.9. The first-order valence-electron chi connectivity index (χ1n) is 10.5. The van der Waals surface area contributed by atoms with Crippen LogP contribution in [0.25, 0.3) is 0 Å². The number of imide groups is 1. The molecule has 35 heavy (non-hydrogen) atoms. The Balaban J connectivity index is 1.27. The number of amides is 4. The average Bonchev–Trinajstić information content (AvgIpc) is 3.49. The van der Waals surface area contributed by atoms with Gasteiger partial charge in [0.05, 0.1) is 22.6 Å². The molecule has 0 radical (unpaired) electrons. The topological polar surface area (TPSA) is 138 Å². The number of halogens is 1. The summed E-state index contributed by atoms with van der Waals surface area (Å²) in [6, 6.07) is 10.3. The van der Waals surface area contributed by atoms with Gasteiger partial charge in [-0.25, -0.2) is 27.8 Å². The van der Waals surface area contributed by atoms with E-state index in [4.69, 9.17) is 11.6 Å². The highest BCUT2D eigenvalue weighted by Gasteiger charge is 2.33. The molecule has 3 heterocycles. The molecule has 4 amide bonds. The number of thiophene rings is 1. The molecule has 0 bridgehead atoms. The van der Waals surface area contributed by atoms with Crippen molar-refractivity contribution in [1.82, 2.24) is 9.71 Å². The van der Waals surface area contributed by atoms with Crippen LogP contribution in [0.3, 0.4) is 0 Å². The summed E-state index contributed by atoms with van der Waals surface area (Å²) in [5.41, 5.74) is 2.13. The molecule has 13 heteroatoms. The Morgan fingerprint density at radius 2 is 1.86 bits per heavy atom. The lowest BCUT2D eigenvalue weighted by Crippen LogP contribution is -2.43. The van der Waals surface area contributed by atoms with Gasteiger partial charge in [-0.1, -0.05) is 11.6 Å². The van der Waals surface area contributed by atoms with Gasteiger partial charge in [0.25, 0.3) is 15.9 Å². The van der Waals surface area contributed by atoms with Crippen LogP contribution >= 0.6 is 22.9 Å². The molecule has 1 aromatic carbocycles. The van der Waals surface area contributed by atoms with E-state index in [9.17, 15) is 22.8 Å². The highest BCUT2D eigenvalue weighted by Crippen LogP contribution is 2.30. The second kappa shape index (κ2) is 8.95. The third-order valence-corrected chi connectivity index (χ3v) is 8.41. The number of fused-ring (bicyclic) bond motifs is 1. The third-order valence-electron chi connectivity index (χ3n) is 5.35. The second-order valence-corrected chi connectivity index (χ2v) is 11.6. The fourth-order valence-corrected chi connectivity index (χ4v) is 5.96. The number of carbonyl (C=O) groups is 3. The van der Waals surface area contributed by atoms with Crippen molar-refractivity contribution < 1.29 is 22.8 Å². The maximum Gasteiger partial charge on any atom is 0.333 e. The Morgan fingerprint density at radius 1 is 1.09 bits per heavy atom. The minimum atomic E-state index is -4.08. The zero-order chi connectivity index (χ0) is 24.7. The zero-order valence-corrected chi connectivity index (χ0v) is 20.3. The number of pyridine rings is 1. The van der Waals surface area contributed by atoms with Crippen molar-refractivity contribution >= 4 is 68.0 Å². The van der Waals surface area contributed by atoms with Gasteiger partial charge >= 0.3 is 6.03 Å². The van der Waals surface area contributed by atoms with Gasteiger partial charge in [0.15, 0.2) is 0 Å². The molecule has 5 rings (SSSR count). The van der Waals surface area contributed by atoms with Crippen LogP contribution in [-0.4, -0.2) is 37.3 Å². The molecule has 2 aliphatic rings. The summed E-state index contributed by atoms with van der Waals surface area (Å²) in [6.07, 6.45) is 3.50. The van der Waals surface area contributed by atoms with E-state index in [0.29, 0.717) is 17.2 Å². The van der Waals surface area contributed by atoms with E-state index in [2.05, 4.69) is 15.6 Å². The first-order chi connectivity index (χ1) is 16.7. The predicted molar refractivity (Wildman–Crippen MR) is 132 cm³/mol. The van der Waals surface area contributed by atoms with Crippen LogP contribution in [0.1, 0.15) is 28.8 Å². The van der Waals surface area contributed by atoms with Crippen molar-refractivity contribution in [3.05, 3.63) is 64.1 Å². The summed E-state index contributed by atoms with van der Waals surface area (Å²) < 4.78 is 26.5. The number of carbonyl (C=O) groups excluding carboxylic acids is 3. The molecular formula is C22H18ClN5O5S2. The lowest BCUT2D eigenvalue weighted by molar-refractivity contribution is -0.117. The Hall–Kier alpha value is -3.48. The Labute approximate surface area is 209 Å². The van der Waals surface area contributed by atoms with E-state index >= 15 is 0 Å². The number of urea groups is 1. The summed E-state index contributed by atoms with van der Waals surface area (Å²) in [5, 5.41) is 5.71. The van der Waals surface area contributed by atoms with Gasteiger partial charge in [-0.05, 0) is 60.9 Å². The lowest BCUT2D eigenvalue weighted by atomic mass is 9.97. The maximum absolute atomic E-state index is 13.0. The van der Waals surface area contributed by atoms with E-state index in [1.807, 2.05) is 16.9 Å². The Bertz CT molecular complexity index is 1450. The van der Waals surface area contributed by atoms with Crippen LogP contribution in [0.15, 0.2) is 52.9 Å². The Kier molecular flexibility index (Phi) is 5.95. The number of sulfonamides is 1. The highest BCUT2D eigenvalue weighted by molar-refractivity contribution is 7.92. The minimum absolute atomic E-state index is 0.0515. The van der Waals surface area contributed by atoms with Gasteiger partial charge in [0.1, 0.15) is 10.0 Å². The molecule has 1 fully saturated rings. The average molecular weight is 532 g/mol. The molecule has 1 saturated carbocycles.